The molecule has 0 atom stereocenters. The largest absolute Gasteiger partial charge is 0.423 e. The number of nitrogen functional groups attached to an aromatic ring is 1. The molecule has 0 saturated heterocycles. The van der Waals surface area contributed by atoms with Gasteiger partial charge in [-0.1, -0.05) is 6.92 Å². The third kappa shape index (κ3) is 1.37. The predicted octanol–water partition coefficient (Wildman–Crippen LogP) is 1.94. The molecule has 0 fully saturated rings. The number of benzene rings is 1. The summed E-state index contributed by atoms with van der Waals surface area (Å²) in [5, 5.41) is 0.923. The summed E-state index contributed by atoms with van der Waals surface area (Å²) in [6.07, 6.45) is 0.797. The van der Waals surface area contributed by atoms with Gasteiger partial charge >= 0.3 is 5.63 Å². The van der Waals surface area contributed by atoms with Gasteiger partial charge in [0.2, 0.25) is 0 Å². The second-order valence-electron chi connectivity index (χ2n) is 3.20. The quantitative estimate of drug-likeness (QED) is 0.551. The van der Waals surface area contributed by atoms with Crippen molar-refractivity contribution in [1.82, 2.24) is 0 Å². The molecule has 1 aromatic carbocycles. The molecule has 0 aliphatic rings. The van der Waals surface area contributed by atoms with E-state index >= 15 is 0 Å². The van der Waals surface area contributed by atoms with Crippen LogP contribution in [0.5, 0.6) is 0 Å². The highest BCUT2D eigenvalue weighted by Crippen LogP contribution is 2.19. The van der Waals surface area contributed by atoms with Gasteiger partial charge in [-0.05, 0) is 30.2 Å². The van der Waals surface area contributed by atoms with Crippen molar-refractivity contribution in [3.8, 4) is 0 Å². The fraction of sp³-hybridized carbons (Fsp3) is 0.182. The molecule has 0 radical (unpaired) electrons. The molecule has 3 nitrogen and oxygen atoms in total. The van der Waals surface area contributed by atoms with Gasteiger partial charge in [-0.15, -0.1) is 0 Å². The van der Waals surface area contributed by atoms with Crippen LogP contribution in [0, 0.1) is 0 Å². The van der Waals surface area contributed by atoms with Crippen LogP contribution in [0.15, 0.2) is 33.5 Å². The third-order valence-electron chi connectivity index (χ3n) is 2.23. The molecule has 0 unspecified atom stereocenters. The molecule has 2 N–H and O–H groups in total. The Labute approximate surface area is 81.1 Å². The number of rotatable bonds is 1. The fourth-order valence-electron chi connectivity index (χ4n) is 1.54. The number of nitrogens with two attached hydrogens (primary N) is 1. The molecule has 0 bridgehead atoms. The Bertz CT molecular complexity index is 528. The van der Waals surface area contributed by atoms with Crippen LogP contribution in [-0.4, -0.2) is 0 Å². The number of aryl methyl sites for hydroxylation is 1. The normalized spacial score (nSPS) is 10.6. The average molecular weight is 189 g/mol. The first-order valence-corrected chi connectivity index (χ1v) is 4.53. The minimum absolute atomic E-state index is 0.306. The zero-order valence-electron chi connectivity index (χ0n) is 7.91. The lowest BCUT2D eigenvalue weighted by Gasteiger charge is -2.02. The van der Waals surface area contributed by atoms with Gasteiger partial charge in [0, 0.05) is 17.1 Å². The van der Waals surface area contributed by atoms with E-state index in [0.29, 0.717) is 11.3 Å². The first kappa shape index (κ1) is 8.81. The van der Waals surface area contributed by atoms with Gasteiger partial charge in [0.05, 0.1) is 0 Å². The monoisotopic (exact) mass is 189 g/mol. The van der Waals surface area contributed by atoms with Gasteiger partial charge in [-0.25, -0.2) is 4.79 Å². The van der Waals surface area contributed by atoms with Crippen LogP contribution < -0.4 is 11.4 Å². The van der Waals surface area contributed by atoms with Crippen molar-refractivity contribution in [1.29, 1.82) is 0 Å². The van der Waals surface area contributed by atoms with Gasteiger partial charge in [0.15, 0.2) is 0 Å². The second-order valence-corrected chi connectivity index (χ2v) is 3.20. The van der Waals surface area contributed by atoms with E-state index in [9.17, 15) is 4.79 Å². The Morgan fingerprint density at radius 3 is 2.86 bits per heavy atom. The van der Waals surface area contributed by atoms with E-state index < -0.39 is 0 Å². The zero-order chi connectivity index (χ0) is 10.1. The molecular formula is C11H11NO2. The van der Waals surface area contributed by atoms with Crippen molar-refractivity contribution in [2.45, 2.75) is 13.3 Å². The SMILES string of the molecule is CCc1cc(=O)oc2ccc(N)cc12. The summed E-state index contributed by atoms with van der Waals surface area (Å²) >= 11 is 0. The summed E-state index contributed by atoms with van der Waals surface area (Å²) in [6, 6.07) is 6.80. The van der Waals surface area contributed by atoms with Crippen LogP contribution in [0.25, 0.3) is 11.0 Å². The van der Waals surface area contributed by atoms with Gasteiger partial charge in [0.25, 0.3) is 0 Å². The van der Waals surface area contributed by atoms with Crippen LogP contribution in [0.4, 0.5) is 5.69 Å². The van der Waals surface area contributed by atoms with E-state index in [4.69, 9.17) is 10.2 Å². The van der Waals surface area contributed by atoms with Crippen LogP contribution >= 0.6 is 0 Å². The lowest BCUT2D eigenvalue weighted by molar-refractivity contribution is 0.559. The van der Waals surface area contributed by atoms with Crippen molar-refractivity contribution in [2.75, 3.05) is 5.73 Å². The molecule has 0 spiro atoms. The fourth-order valence-corrected chi connectivity index (χ4v) is 1.54. The van der Waals surface area contributed by atoms with Crippen molar-refractivity contribution in [3.63, 3.8) is 0 Å². The summed E-state index contributed by atoms with van der Waals surface area (Å²) in [7, 11) is 0. The lowest BCUT2D eigenvalue weighted by atomic mass is 10.1. The van der Waals surface area contributed by atoms with Gasteiger partial charge < -0.3 is 10.2 Å². The van der Waals surface area contributed by atoms with Crippen LogP contribution in [0.1, 0.15) is 12.5 Å². The van der Waals surface area contributed by atoms with Gasteiger partial charge in [-0.2, -0.15) is 0 Å². The smallest absolute Gasteiger partial charge is 0.336 e. The van der Waals surface area contributed by atoms with E-state index in [0.717, 1.165) is 17.4 Å². The molecule has 14 heavy (non-hydrogen) atoms. The standard InChI is InChI=1S/C11H11NO2/c1-2-7-5-11(13)14-10-4-3-8(12)6-9(7)10/h3-6H,2,12H2,1H3. The van der Waals surface area contributed by atoms with E-state index in [2.05, 4.69) is 0 Å². The van der Waals surface area contributed by atoms with Gasteiger partial charge in [-0.3, -0.25) is 0 Å². The Morgan fingerprint density at radius 1 is 1.36 bits per heavy atom. The first-order chi connectivity index (χ1) is 6.70. The summed E-state index contributed by atoms with van der Waals surface area (Å²) in [6.45, 7) is 2.00. The van der Waals surface area contributed by atoms with Gasteiger partial charge in [0.1, 0.15) is 5.58 Å². The topological polar surface area (TPSA) is 56.2 Å². The van der Waals surface area contributed by atoms with E-state index in [1.807, 2.05) is 13.0 Å². The van der Waals surface area contributed by atoms with Crippen LogP contribution in [-0.2, 0) is 6.42 Å². The predicted molar refractivity (Wildman–Crippen MR) is 56.3 cm³/mol. The summed E-state index contributed by atoms with van der Waals surface area (Å²) in [5.74, 6) is 0. The first-order valence-electron chi connectivity index (χ1n) is 4.53. The number of hydrogen-bond donors (Lipinski definition) is 1. The number of anilines is 1. The molecule has 0 aliphatic carbocycles. The molecule has 2 aromatic rings. The molecule has 0 aliphatic heterocycles. The highest BCUT2D eigenvalue weighted by molar-refractivity contribution is 5.83. The molecule has 1 heterocycles. The lowest BCUT2D eigenvalue weighted by Crippen LogP contribution is -2.00. The van der Waals surface area contributed by atoms with Crippen molar-refractivity contribution < 1.29 is 4.42 Å². The molecule has 3 heteroatoms. The Hall–Kier alpha value is -1.77. The maximum Gasteiger partial charge on any atom is 0.336 e. The maximum absolute atomic E-state index is 11.2. The third-order valence-corrected chi connectivity index (χ3v) is 2.23. The maximum atomic E-state index is 11.2. The number of fused-ring (bicyclic) bond motifs is 1. The molecule has 1 aromatic heterocycles. The van der Waals surface area contributed by atoms with Crippen molar-refractivity contribution >= 4 is 16.7 Å². The van der Waals surface area contributed by atoms with E-state index in [1.54, 1.807) is 12.1 Å². The molecule has 2 rings (SSSR count). The Kier molecular flexibility index (Phi) is 2.00. The van der Waals surface area contributed by atoms with Crippen molar-refractivity contribution in [3.05, 3.63) is 40.2 Å². The molecule has 0 amide bonds. The summed E-state index contributed by atoms with van der Waals surface area (Å²) in [4.78, 5) is 11.2. The zero-order valence-corrected chi connectivity index (χ0v) is 7.91. The highest BCUT2D eigenvalue weighted by atomic mass is 16.4. The average Bonchev–Trinajstić information content (AvgIpc) is 2.17. The molecule has 0 saturated carbocycles. The highest BCUT2D eigenvalue weighted by Gasteiger charge is 2.03. The minimum Gasteiger partial charge on any atom is -0.423 e. The Morgan fingerprint density at radius 2 is 2.14 bits per heavy atom. The van der Waals surface area contributed by atoms with Crippen molar-refractivity contribution in [2.24, 2.45) is 0 Å². The number of hydrogen-bond acceptors (Lipinski definition) is 3. The summed E-state index contributed by atoms with van der Waals surface area (Å²) in [5.41, 5.74) is 7.62. The Balaban J connectivity index is 2.88. The van der Waals surface area contributed by atoms with Crippen LogP contribution in [0.2, 0.25) is 0 Å². The second kappa shape index (κ2) is 3.18. The molecule has 72 valence electrons. The van der Waals surface area contributed by atoms with E-state index in [1.165, 1.54) is 6.07 Å². The van der Waals surface area contributed by atoms with Crippen LogP contribution in [0.3, 0.4) is 0 Å². The van der Waals surface area contributed by atoms with E-state index in [-0.39, 0.29) is 5.63 Å². The molecular weight excluding hydrogens is 178 g/mol. The minimum atomic E-state index is -0.306. The summed E-state index contributed by atoms with van der Waals surface area (Å²) < 4.78 is 5.05.